The molecule has 2 aliphatic rings. The van der Waals surface area contributed by atoms with Crippen molar-refractivity contribution in [1.82, 2.24) is 14.5 Å². The fraction of sp³-hybridized carbons (Fsp3) is 0.391. The monoisotopic (exact) mass is 456 g/mol. The summed E-state index contributed by atoms with van der Waals surface area (Å²) in [5.41, 5.74) is 2.07. The lowest BCUT2D eigenvalue weighted by Gasteiger charge is -2.31. The molecule has 9 heteroatoms. The van der Waals surface area contributed by atoms with Crippen molar-refractivity contribution < 1.29 is 18.0 Å². The van der Waals surface area contributed by atoms with Gasteiger partial charge in [-0.2, -0.15) is 4.31 Å². The Morgan fingerprint density at radius 3 is 2.38 bits per heavy atom. The smallest absolute Gasteiger partial charge is 0.251 e. The third-order valence-corrected chi connectivity index (χ3v) is 7.87. The summed E-state index contributed by atoms with van der Waals surface area (Å²) in [6.45, 7) is 3.29. The van der Waals surface area contributed by atoms with E-state index in [1.54, 1.807) is 17.0 Å². The molecule has 2 fully saturated rings. The molecular formula is C23H28N4O4S. The van der Waals surface area contributed by atoms with Gasteiger partial charge in [-0.3, -0.25) is 9.59 Å². The largest absolute Gasteiger partial charge is 0.348 e. The lowest BCUT2D eigenvalue weighted by molar-refractivity contribution is -0.117. The minimum Gasteiger partial charge on any atom is -0.348 e. The van der Waals surface area contributed by atoms with Crippen LogP contribution in [0, 0.1) is 0 Å². The summed E-state index contributed by atoms with van der Waals surface area (Å²) in [7, 11) is -1.66. The number of anilines is 1. The van der Waals surface area contributed by atoms with Crippen molar-refractivity contribution in [3.63, 3.8) is 0 Å². The minimum atomic E-state index is -3.63. The predicted molar refractivity (Wildman–Crippen MR) is 122 cm³/mol. The Hall–Kier alpha value is -2.75. The zero-order valence-electron chi connectivity index (χ0n) is 18.2. The quantitative estimate of drug-likeness (QED) is 0.714. The lowest BCUT2D eigenvalue weighted by Crippen LogP contribution is -2.47. The normalized spacial score (nSPS) is 18.2. The number of carbonyl (C=O) groups is 2. The van der Waals surface area contributed by atoms with Crippen LogP contribution in [0.5, 0.6) is 0 Å². The van der Waals surface area contributed by atoms with Crippen molar-refractivity contribution >= 4 is 27.5 Å². The number of likely N-dealkylation sites (N-methyl/N-ethyl adjacent to an activating group) is 1. The van der Waals surface area contributed by atoms with Gasteiger partial charge < -0.3 is 15.1 Å². The maximum Gasteiger partial charge on any atom is 0.251 e. The van der Waals surface area contributed by atoms with Gasteiger partial charge in [0, 0.05) is 56.9 Å². The fourth-order valence-corrected chi connectivity index (χ4v) is 5.44. The van der Waals surface area contributed by atoms with E-state index in [2.05, 4.69) is 10.2 Å². The number of nitrogens with one attached hydrogen (secondary N) is 1. The third kappa shape index (κ3) is 4.85. The third-order valence-electron chi connectivity index (χ3n) is 5.97. The first-order chi connectivity index (χ1) is 15.3. The summed E-state index contributed by atoms with van der Waals surface area (Å²) in [4.78, 5) is 28.5. The van der Waals surface area contributed by atoms with Crippen molar-refractivity contribution in [2.75, 3.05) is 44.7 Å². The molecule has 2 heterocycles. The topological polar surface area (TPSA) is 90.0 Å². The molecule has 0 saturated carbocycles. The Morgan fingerprint density at radius 1 is 1.00 bits per heavy atom. The Balaban J connectivity index is 1.39. The van der Waals surface area contributed by atoms with Crippen LogP contribution in [0.15, 0.2) is 53.4 Å². The van der Waals surface area contributed by atoms with Crippen LogP contribution in [0.2, 0.25) is 0 Å². The molecule has 0 unspecified atom stereocenters. The van der Waals surface area contributed by atoms with Gasteiger partial charge in [0.2, 0.25) is 15.9 Å². The van der Waals surface area contributed by atoms with E-state index in [-0.39, 0.29) is 16.7 Å². The van der Waals surface area contributed by atoms with Crippen molar-refractivity contribution in [3.05, 3.63) is 59.7 Å². The summed E-state index contributed by atoms with van der Waals surface area (Å²) in [5, 5.41) is 2.84. The van der Waals surface area contributed by atoms with Crippen LogP contribution >= 0.6 is 0 Å². The van der Waals surface area contributed by atoms with Crippen LogP contribution in [0.3, 0.4) is 0 Å². The number of hydrogen-bond donors (Lipinski definition) is 1. The second-order valence-corrected chi connectivity index (χ2v) is 10.2. The molecule has 0 radical (unpaired) electrons. The highest BCUT2D eigenvalue weighted by atomic mass is 32.2. The van der Waals surface area contributed by atoms with Crippen LogP contribution in [0.25, 0.3) is 0 Å². The molecule has 0 aliphatic carbocycles. The van der Waals surface area contributed by atoms with Gasteiger partial charge in [-0.15, -0.1) is 0 Å². The Morgan fingerprint density at radius 2 is 1.72 bits per heavy atom. The number of sulfonamides is 1. The SMILES string of the molecule is CN1CCN(S(=O)(=O)c2cccc(C(=O)NCc3ccc(N4CCCC4=O)cc3)c2)CC1. The molecule has 8 nitrogen and oxygen atoms in total. The highest BCUT2D eigenvalue weighted by Gasteiger charge is 2.28. The van der Waals surface area contributed by atoms with E-state index in [0.717, 1.165) is 24.2 Å². The molecule has 170 valence electrons. The molecule has 32 heavy (non-hydrogen) atoms. The van der Waals surface area contributed by atoms with Gasteiger partial charge in [-0.25, -0.2) is 8.42 Å². The Labute approximate surface area is 188 Å². The molecule has 0 spiro atoms. The zero-order chi connectivity index (χ0) is 22.7. The number of rotatable bonds is 6. The first-order valence-electron chi connectivity index (χ1n) is 10.8. The van der Waals surface area contributed by atoms with E-state index in [4.69, 9.17) is 0 Å². The van der Waals surface area contributed by atoms with E-state index in [1.807, 2.05) is 31.3 Å². The number of piperazine rings is 1. The fourth-order valence-electron chi connectivity index (χ4n) is 3.97. The van der Waals surface area contributed by atoms with E-state index >= 15 is 0 Å². The van der Waals surface area contributed by atoms with Crippen molar-refractivity contribution in [2.45, 2.75) is 24.3 Å². The molecule has 2 aromatic carbocycles. The number of carbonyl (C=O) groups excluding carboxylic acids is 2. The van der Waals surface area contributed by atoms with E-state index in [0.29, 0.717) is 44.7 Å². The number of hydrogen-bond acceptors (Lipinski definition) is 5. The Bertz CT molecular complexity index is 1090. The predicted octanol–water partition coefficient (Wildman–Crippen LogP) is 1.68. The molecule has 2 aliphatic heterocycles. The van der Waals surface area contributed by atoms with Crippen molar-refractivity contribution in [2.24, 2.45) is 0 Å². The zero-order valence-corrected chi connectivity index (χ0v) is 19.0. The first-order valence-corrected chi connectivity index (χ1v) is 12.2. The first kappa shape index (κ1) is 22.4. The van der Waals surface area contributed by atoms with E-state index < -0.39 is 10.0 Å². The standard InChI is InChI=1S/C23H28N4O4S/c1-25-12-14-26(15-13-25)32(30,31)21-5-2-4-19(16-21)23(29)24-17-18-7-9-20(10-8-18)27-11-3-6-22(27)28/h2,4-5,7-10,16H,3,6,11-15,17H2,1H3,(H,24,29). The van der Waals surface area contributed by atoms with Gasteiger partial charge in [0.1, 0.15) is 0 Å². The molecule has 1 N–H and O–H groups in total. The van der Waals surface area contributed by atoms with Gasteiger partial charge in [-0.1, -0.05) is 18.2 Å². The van der Waals surface area contributed by atoms with Crippen molar-refractivity contribution in [1.29, 1.82) is 0 Å². The molecule has 0 bridgehead atoms. The molecular weight excluding hydrogens is 428 g/mol. The van der Waals surface area contributed by atoms with Gasteiger partial charge in [0.15, 0.2) is 0 Å². The molecule has 2 amide bonds. The summed E-state index contributed by atoms with van der Waals surface area (Å²) in [6.07, 6.45) is 1.46. The number of benzene rings is 2. The highest BCUT2D eigenvalue weighted by Crippen LogP contribution is 2.22. The summed E-state index contributed by atoms with van der Waals surface area (Å²) >= 11 is 0. The summed E-state index contributed by atoms with van der Waals surface area (Å²) < 4.78 is 27.4. The van der Waals surface area contributed by atoms with Crippen LogP contribution in [0.4, 0.5) is 5.69 Å². The number of amides is 2. The van der Waals surface area contributed by atoms with E-state index in [1.165, 1.54) is 16.4 Å². The second kappa shape index (κ2) is 9.40. The highest BCUT2D eigenvalue weighted by molar-refractivity contribution is 7.89. The average Bonchev–Trinajstić information content (AvgIpc) is 3.24. The van der Waals surface area contributed by atoms with Gasteiger partial charge in [0.05, 0.1) is 4.90 Å². The van der Waals surface area contributed by atoms with Gasteiger partial charge in [-0.05, 0) is 49.4 Å². The molecule has 2 aromatic rings. The Kier molecular flexibility index (Phi) is 6.59. The van der Waals surface area contributed by atoms with Crippen LogP contribution in [-0.2, 0) is 21.4 Å². The van der Waals surface area contributed by atoms with Crippen LogP contribution in [0.1, 0.15) is 28.8 Å². The lowest BCUT2D eigenvalue weighted by atomic mass is 10.1. The maximum atomic E-state index is 13.0. The molecule has 2 saturated heterocycles. The summed E-state index contributed by atoms with van der Waals surface area (Å²) in [6, 6.07) is 13.7. The summed E-state index contributed by atoms with van der Waals surface area (Å²) in [5.74, 6) is -0.198. The number of nitrogens with zero attached hydrogens (tertiary/aromatic N) is 3. The van der Waals surface area contributed by atoms with Crippen LogP contribution < -0.4 is 10.2 Å². The van der Waals surface area contributed by atoms with Gasteiger partial charge >= 0.3 is 0 Å². The minimum absolute atomic E-state index is 0.134. The maximum absolute atomic E-state index is 13.0. The molecule has 0 atom stereocenters. The average molecular weight is 457 g/mol. The molecule has 4 rings (SSSR count). The van der Waals surface area contributed by atoms with Crippen LogP contribution in [-0.4, -0.2) is 69.2 Å². The van der Waals surface area contributed by atoms with Crippen molar-refractivity contribution in [3.8, 4) is 0 Å². The molecule has 0 aromatic heterocycles. The van der Waals surface area contributed by atoms with Gasteiger partial charge in [0.25, 0.3) is 5.91 Å². The van der Waals surface area contributed by atoms with E-state index in [9.17, 15) is 18.0 Å². The second-order valence-electron chi connectivity index (χ2n) is 8.23.